The number of carboxylic acid groups (broad SMARTS) is 2. The molecule has 0 radical (unpaired) electrons. The molecule has 57 heavy (non-hydrogen) atoms. The van der Waals surface area contributed by atoms with Crippen molar-refractivity contribution in [3.05, 3.63) is 120 Å². The van der Waals surface area contributed by atoms with Gasteiger partial charge in [-0.3, -0.25) is 33.7 Å². The summed E-state index contributed by atoms with van der Waals surface area (Å²) in [6.45, 7) is 5.46. The van der Waals surface area contributed by atoms with Gasteiger partial charge in [0.1, 0.15) is 0 Å². The third-order valence-corrected chi connectivity index (χ3v) is 9.84. The molecule has 11 heteroatoms. The fraction of sp³-hybridized carbons (Fsp3) is 0.348. The first kappa shape index (κ1) is 43.6. The fourth-order valence-electron chi connectivity index (χ4n) is 6.80. The van der Waals surface area contributed by atoms with Crippen molar-refractivity contribution in [3.8, 4) is 22.3 Å². The molecule has 11 nitrogen and oxygen atoms in total. The zero-order chi connectivity index (χ0) is 41.3. The van der Waals surface area contributed by atoms with Gasteiger partial charge in [0.25, 0.3) is 0 Å². The maximum absolute atomic E-state index is 12.3. The summed E-state index contributed by atoms with van der Waals surface area (Å²) in [5, 5.41) is 20.7. The molecule has 4 atom stereocenters. The normalized spacial score (nSPS) is 14.4. The number of amides is 3. The molecule has 0 spiro atoms. The van der Waals surface area contributed by atoms with Gasteiger partial charge in [-0.05, 0) is 66.0 Å². The maximum Gasteiger partial charge on any atom is 0.308 e. The van der Waals surface area contributed by atoms with Crippen LogP contribution in [0.15, 0.2) is 109 Å². The second kappa shape index (κ2) is 21.8. The van der Waals surface area contributed by atoms with Gasteiger partial charge in [0.05, 0.1) is 24.9 Å². The Morgan fingerprint density at radius 2 is 1.12 bits per heavy atom. The SMILES string of the molecule is CCOC(=O)[C@H](C)CC(Cc1ccc(-c2ccccc2)cc1)N1C(=O)CCC1=O.C[C@H](CC(Cc1ccc(-c2ccccc2)cc1)NC(=O)CCC(=O)O)C(=O)O. The summed E-state index contributed by atoms with van der Waals surface area (Å²) in [5.41, 5.74) is 6.42. The standard InChI is InChI=1S/C24H27NO4.C22H25NO5/c1-3-29-24(28)17(2)15-21(25-22(26)13-14-23(25)27)16-18-9-11-20(12-10-18)19-7-5-4-6-8-19;1-15(22(27)28)13-19(23-20(24)11-12-21(25)26)14-16-7-9-18(10-8-16)17-5-3-2-4-6-17/h4-12,17,21H,3,13-16H2,1-2H3;2-10,15,19H,11-14H2,1H3,(H,23,24)(H,25,26)(H,27,28)/t17-,21?;15-,19?/m11/s1. The Balaban J connectivity index is 0.000000253. The van der Waals surface area contributed by atoms with E-state index in [2.05, 4.69) is 17.4 Å². The molecule has 300 valence electrons. The molecule has 4 aromatic carbocycles. The maximum atomic E-state index is 12.3. The van der Waals surface area contributed by atoms with Gasteiger partial charge in [0.2, 0.25) is 17.7 Å². The van der Waals surface area contributed by atoms with Gasteiger partial charge < -0.3 is 20.3 Å². The molecule has 5 rings (SSSR count). The van der Waals surface area contributed by atoms with Crippen LogP contribution in [0.4, 0.5) is 0 Å². The van der Waals surface area contributed by atoms with E-state index >= 15 is 0 Å². The van der Waals surface area contributed by atoms with Crippen LogP contribution in [0.2, 0.25) is 0 Å². The van der Waals surface area contributed by atoms with E-state index in [4.69, 9.17) is 9.84 Å². The van der Waals surface area contributed by atoms with E-state index in [0.29, 0.717) is 25.9 Å². The predicted molar refractivity (Wildman–Crippen MR) is 217 cm³/mol. The number of nitrogens with zero attached hydrogens (tertiary/aromatic N) is 1. The van der Waals surface area contributed by atoms with Gasteiger partial charge in [-0.25, -0.2) is 0 Å². The Bertz CT molecular complexity index is 1930. The average molecular weight is 777 g/mol. The third-order valence-electron chi connectivity index (χ3n) is 9.84. The highest BCUT2D eigenvalue weighted by Crippen LogP contribution is 2.26. The number of nitrogens with one attached hydrogen (secondary N) is 1. The zero-order valence-corrected chi connectivity index (χ0v) is 32.8. The highest BCUT2D eigenvalue weighted by atomic mass is 16.5. The third kappa shape index (κ3) is 13.9. The summed E-state index contributed by atoms with van der Waals surface area (Å²) in [4.78, 5) is 72.0. The number of imide groups is 1. The number of esters is 1. The van der Waals surface area contributed by atoms with Crippen molar-refractivity contribution < 1.29 is 43.7 Å². The van der Waals surface area contributed by atoms with Crippen LogP contribution < -0.4 is 5.32 Å². The number of carbonyl (C=O) groups is 6. The Kier molecular flexibility index (Phi) is 16.7. The molecule has 1 aliphatic rings. The number of aliphatic carboxylic acids is 2. The Hall–Kier alpha value is -6.10. The highest BCUT2D eigenvalue weighted by Gasteiger charge is 2.36. The number of hydrogen-bond donors (Lipinski definition) is 3. The molecule has 3 N–H and O–H groups in total. The van der Waals surface area contributed by atoms with E-state index in [0.717, 1.165) is 33.4 Å². The zero-order valence-electron chi connectivity index (χ0n) is 32.8. The van der Waals surface area contributed by atoms with Crippen molar-refractivity contribution in [1.29, 1.82) is 0 Å². The van der Waals surface area contributed by atoms with Gasteiger partial charge in [0.15, 0.2) is 0 Å². The molecular formula is C46H52N2O9. The largest absolute Gasteiger partial charge is 0.481 e. The lowest BCUT2D eigenvalue weighted by Gasteiger charge is -2.28. The molecule has 0 saturated carbocycles. The molecule has 1 aliphatic heterocycles. The van der Waals surface area contributed by atoms with Crippen molar-refractivity contribution in [3.63, 3.8) is 0 Å². The summed E-state index contributed by atoms with van der Waals surface area (Å²) < 4.78 is 5.11. The van der Waals surface area contributed by atoms with E-state index in [1.807, 2.05) is 97.1 Å². The first-order valence-corrected chi connectivity index (χ1v) is 19.4. The van der Waals surface area contributed by atoms with Crippen LogP contribution in [0.5, 0.6) is 0 Å². The molecule has 4 aromatic rings. The fourth-order valence-corrected chi connectivity index (χ4v) is 6.80. The smallest absolute Gasteiger partial charge is 0.308 e. The average Bonchev–Trinajstić information content (AvgIpc) is 3.55. The van der Waals surface area contributed by atoms with Gasteiger partial charge in [-0.2, -0.15) is 0 Å². The summed E-state index contributed by atoms with van der Waals surface area (Å²) in [7, 11) is 0. The first-order chi connectivity index (χ1) is 27.3. The Morgan fingerprint density at radius 1 is 0.649 bits per heavy atom. The monoisotopic (exact) mass is 776 g/mol. The number of ether oxygens (including phenoxy) is 1. The second-order valence-electron chi connectivity index (χ2n) is 14.4. The van der Waals surface area contributed by atoms with Gasteiger partial charge in [-0.1, -0.05) is 123 Å². The second-order valence-corrected chi connectivity index (χ2v) is 14.4. The number of carboxylic acids is 2. The number of benzene rings is 4. The Morgan fingerprint density at radius 3 is 1.58 bits per heavy atom. The number of rotatable bonds is 18. The summed E-state index contributed by atoms with van der Waals surface area (Å²) >= 11 is 0. The molecule has 0 aromatic heterocycles. The molecule has 0 aliphatic carbocycles. The molecule has 0 bridgehead atoms. The minimum atomic E-state index is -1.04. The molecule has 2 unspecified atom stereocenters. The minimum absolute atomic E-state index is 0.125. The lowest BCUT2D eigenvalue weighted by Crippen LogP contribution is -2.42. The van der Waals surface area contributed by atoms with Crippen LogP contribution in [0.1, 0.15) is 70.4 Å². The van der Waals surface area contributed by atoms with Gasteiger partial charge in [0, 0.05) is 31.3 Å². The van der Waals surface area contributed by atoms with E-state index in [1.165, 1.54) is 4.90 Å². The molecule has 1 fully saturated rings. The van der Waals surface area contributed by atoms with Crippen LogP contribution in [0, 0.1) is 11.8 Å². The number of carbonyl (C=O) groups excluding carboxylic acids is 4. The minimum Gasteiger partial charge on any atom is -0.481 e. The predicted octanol–water partition coefficient (Wildman–Crippen LogP) is 7.36. The van der Waals surface area contributed by atoms with Crippen molar-refractivity contribution in [2.75, 3.05) is 6.61 Å². The summed E-state index contributed by atoms with van der Waals surface area (Å²) in [6.07, 6.45) is 1.79. The topological polar surface area (TPSA) is 167 Å². The highest BCUT2D eigenvalue weighted by molar-refractivity contribution is 6.02. The van der Waals surface area contributed by atoms with Crippen molar-refractivity contribution in [2.24, 2.45) is 11.8 Å². The van der Waals surface area contributed by atoms with Gasteiger partial charge >= 0.3 is 17.9 Å². The van der Waals surface area contributed by atoms with E-state index in [1.54, 1.807) is 20.8 Å². The molecular weight excluding hydrogens is 725 g/mol. The molecule has 1 saturated heterocycles. The van der Waals surface area contributed by atoms with Crippen LogP contribution in [-0.4, -0.2) is 69.4 Å². The lowest BCUT2D eigenvalue weighted by molar-refractivity contribution is -0.150. The summed E-state index contributed by atoms with van der Waals surface area (Å²) in [5.74, 6) is -3.96. The quantitative estimate of drug-likeness (QED) is 0.0691. The Labute approximate surface area is 334 Å². The van der Waals surface area contributed by atoms with E-state index < -0.39 is 17.9 Å². The van der Waals surface area contributed by atoms with Crippen molar-refractivity contribution in [1.82, 2.24) is 10.2 Å². The molecule has 3 amide bonds. The van der Waals surface area contributed by atoms with Crippen molar-refractivity contribution >= 4 is 35.6 Å². The lowest BCUT2D eigenvalue weighted by atomic mass is 9.94. The van der Waals surface area contributed by atoms with Crippen LogP contribution >= 0.6 is 0 Å². The molecule has 1 heterocycles. The first-order valence-electron chi connectivity index (χ1n) is 19.4. The van der Waals surface area contributed by atoms with Crippen LogP contribution in [-0.2, 0) is 46.3 Å². The van der Waals surface area contributed by atoms with E-state index in [-0.39, 0.29) is 73.8 Å². The van der Waals surface area contributed by atoms with E-state index in [9.17, 15) is 33.9 Å². The van der Waals surface area contributed by atoms with Crippen molar-refractivity contribution in [2.45, 2.75) is 84.2 Å². The summed E-state index contributed by atoms with van der Waals surface area (Å²) in [6, 6.07) is 35.4. The van der Waals surface area contributed by atoms with Crippen LogP contribution in [0.25, 0.3) is 22.3 Å². The van der Waals surface area contributed by atoms with Gasteiger partial charge in [-0.15, -0.1) is 0 Å². The number of likely N-dealkylation sites (tertiary alicyclic amines) is 1. The number of hydrogen-bond acceptors (Lipinski definition) is 7. The van der Waals surface area contributed by atoms with Crippen LogP contribution in [0.3, 0.4) is 0 Å².